The Morgan fingerprint density at radius 3 is 2.68 bits per heavy atom. The molecule has 0 radical (unpaired) electrons. The lowest BCUT2D eigenvalue weighted by molar-refractivity contribution is 0.0752. The highest BCUT2D eigenvalue weighted by Gasteiger charge is 2.16. The lowest BCUT2D eigenvalue weighted by atomic mass is 10.1. The molecular formula is C21H25N3O3S. The summed E-state index contributed by atoms with van der Waals surface area (Å²) in [6.07, 6.45) is 2.42. The minimum atomic E-state index is -3.39. The van der Waals surface area contributed by atoms with Crippen LogP contribution in [0.4, 0.5) is 5.69 Å². The van der Waals surface area contributed by atoms with Crippen LogP contribution in [0, 0.1) is 0 Å². The number of fused-ring (bicyclic) bond motifs is 1. The number of carbonyl (C=O) groups is 1. The van der Waals surface area contributed by atoms with Crippen LogP contribution >= 0.6 is 0 Å². The Balaban J connectivity index is 1.77. The minimum absolute atomic E-state index is 0.0495. The second kappa shape index (κ2) is 8.48. The SMILES string of the molecule is CCCS(=O)(=O)Nc1cccc(C(=O)N(CC)Cc2ccc3[nH]ccc3c2)c1. The zero-order chi connectivity index (χ0) is 20.1. The summed E-state index contributed by atoms with van der Waals surface area (Å²) in [7, 11) is -3.39. The molecule has 2 N–H and O–H groups in total. The first-order valence-corrected chi connectivity index (χ1v) is 11.0. The van der Waals surface area contributed by atoms with Crippen molar-refractivity contribution in [2.45, 2.75) is 26.8 Å². The van der Waals surface area contributed by atoms with E-state index in [0.717, 1.165) is 16.5 Å². The molecule has 1 heterocycles. The van der Waals surface area contributed by atoms with E-state index in [1.54, 1.807) is 29.2 Å². The monoisotopic (exact) mass is 399 g/mol. The maximum atomic E-state index is 13.0. The molecule has 6 nitrogen and oxygen atoms in total. The van der Waals surface area contributed by atoms with Crippen molar-refractivity contribution in [1.82, 2.24) is 9.88 Å². The molecular weight excluding hydrogens is 374 g/mol. The van der Waals surface area contributed by atoms with Gasteiger partial charge in [-0.1, -0.05) is 19.1 Å². The number of anilines is 1. The number of amides is 1. The molecule has 1 amide bonds. The highest BCUT2D eigenvalue weighted by molar-refractivity contribution is 7.92. The van der Waals surface area contributed by atoms with Crippen LogP contribution in [0.25, 0.3) is 10.9 Å². The molecule has 0 unspecified atom stereocenters. The molecule has 3 aromatic rings. The largest absolute Gasteiger partial charge is 0.361 e. The maximum absolute atomic E-state index is 13.0. The van der Waals surface area contributed by atoms with Crippen molar-refractivity contribution < 1.29 is 13.2 Å². The average molecular weight is 400 g/mol. The van der Waals surface area contributed by atoms with Crippen LogP contribution in [0.5, 0.6) is 0 Å². The Labute approximate surface area is 165 Å². The summed E-state index contributed by atoms with van der Waals surface area (Å²) in [5, 5.41) is 1.10. The maximum Gasteiger partial charge on any atom is 0.254 e. The topological polar surface area (TPSA) is 82.3 Å². The normalized spacial score (nSPS) is 11.5. The number of rotatable bonds is 8. The van der Waals surface area contributed by atoms with Gasteiger partial charge >= 0.3 is 0 Å². The number of sulfonamides is 1. The van der Waals surface area contributed by atoms with Crippen LogP contribution in [0.2, 0.25) is 0 Å². The van der Waals surface area contributed by atoms with Gasteiger partial charge in [-0.3, -0.25) is 9.52 Å². The van der Waals surface area contributed by atoms with Crippen LogP contribution in [-0.4, -0.2) is 36.5 Å². The van der Waals surface area contributed by atoms with Gasteiger partial charge in [0.05, 0.1) is 5.75 Å². The summed E-state index contributed by atoms with van der Waals surface area (Å²) < 4.78 is 26.5. The number of benzene rings is 2. The molecule has 2 aromatic carbocycles. The van der Waals surface area contributed by atoms with Crippen molar-refractivity contribution in [2.24, 2.45) is 0 Å². The van der Waals surface area contributed by atoms with Gasteiger partial charge in [-0.25, -0.2) is 8.42 Å². The third kappa shape index (κ3) is 4.72. The Bertz CT molecular complexity index is 1070. The molecule has 1 aromatic heterocycles. The Kier molecular flexibility index (Phi) is 6.04. The van der Waals surface area contributed by atoms with E-state index in [1.165, 1.54) is 0 Å². The van der Waals surface area contributed by atoms with E-state index in [-0.39, 0.29) is 11.7 Å². The molecule has 0 saturated carbocycles. The van der Waals surface area contributed by atoms with Crippen LogP contribution < -0.4 is 4.72 Å². The standard InChI is InChI=1S/C21H25N3O3S/c1-3-12-28(26,27)23-19-7-5-6-18(14-19)21(25)24(4-2)15-16-8-9-20-17(13-16)10-11-22-20/h5-11,13-14,22-23H,3-4,12,15H2,1-2H3. The fourth-order valence-corrected chi connectivity index (χ4v) is 4.27. The van der Waals surface area contributed by atoms with Crippen molar-refractivity contribution in [3.63, 3.8) is 0 Å². The van der Waals surface area contributed by atoms with Crippen molar-refractivity contribution >= 4 is 32.5 Å². The number of H-pyrrole nitrogens is 1. The fourth-order valence-electron chi connectivity index (χ4n) is 3.15. The number of carbonyl (C=O) groups excluding carboxylic acids is 1. The van der Waals surface area contributed by atoms with Gasteiger partial charge < -0.3 is 9.88 Å². The summed E-state index contributed by atoms with van der Waals surface area (Å²) >= 11 is 0. The molecule has 0 saturated heterocycles. The molecule has 0 aliphatic heterocycles. The molecule has 7 heteroatoms. The number of hydrogen-bond acceptors (Lipinski definition) is 3. The summed E-state index contributed by atoms with van der Waals surface area (Å²) in [4.78, 5) is 17.9. The van der Waals surface area contributed by atoms with Gasteiger partial charge in [0.1, 0.15) is 0 Å². The van der Waals surface area contributed by atoms with Crippen molar-refractivity contribution in [3.05, 3.63) is 65.9 Å². The fraction of sp³-hybridized carbons (Fsp3) is 0.286. The number of aromatic amines is 1. The third-order valence-corrected chi connectivity index (χ3v) is 6.01. The highest BCUT2D eigenvalue weighted by Crippen LogP contribution is 2.18. The van der Waals surface area contributed by atoms with Crippen LogP contribution in [0.1, 0.15) is 36.2 Å². The van der Waals surface area contributed by atoms with Gasteiger partial charge in [-0.2, -0.15) is 0 Å². The number of nitrogens with zero attached hydrogens (tertiary/aromatic N) is 1. The van der Waals surface area contributed by atoms with Crippen molar-refractivity contribution in [2.75, 3.05) is 17.0 Å². The lowest BCUT2D eigenvalue weighted by Gasteiger charge is -2.21. The molecule has 0 aliphatic rings. The predicted molar refractivity (Wildman–Crippen MR) is 113 cm³/mol. The zero-order valence-electron chi connectivity index (χ0n) is 16.1. The van der Waals surface area contributed by atoms with E-state index in [2.05, 4.69) is 15.8 Å². The van der Waals surface area contributed by atoms with Gasteiger partial charge in [-0.15, -0.1) is 0 Å². The van der Waals surface area contributed by atoms with E-state index >= 15 is 0 Å². The molecule has 0 spiro atoms. The molecule has 0 aliphatic carbocycles. The van der Waals surface area contributed by atoms with Gasteiger partial charge in [0.15, 0.2) is 0 Å². The molecule has 0 atom stereocenters. The minimum Gasteiger partial charge on any atom is -0.361 e. The van der Waals surface area contributed by atoms with E-state index < -0.39 is 10.0 Å². The predicted octanol–water partition coefficient (Wildman–Crippen LogP) is 3.98. The van der Waals surface area contributed by atoms with Crippen LogP contribution in [0.3, 0.4) is 0 Å². The number of nitrogens with one attached hydrogen (secondary N) is 2. The summed E-state index contributed by atoms with van der Waals surface area (Å²) in [6.45, 7) is 4.78. The Morgan fingerprint density at radius 2 is 1.93 bits per heavy atom. The van der Waals surface area contributed by atoms with Gasteiger partial charge in [-0.05, 0) is 60.7 Å². The summed E-state index contributed by atoms with van der Waals surface area (Å²) in [5.74, 6) is -0.0818. The first kappa shape index (κ1) is 19.9. The third-order valence-electron chi connectivity index (χ3n) is 4.52. The van der Waals surface area contributed by atoms with Crippen LogP contribution in [0.15, 0.2) is 54.7 Å². The first-order chi connectivity index (χ1) is 13.4. The summed E-state index contributed by atoms with van der Waals surface area (Å²) in [6, 6.07) is 14.7. The van der Waals surface area contributed by atoms with Gasteiger partial charge in [0, 0.05) is 36.1 Å². The quantitative estimate of drug-likeness (QED) is 0.601. The molecule has 3 rings (SSSR count). The molecule has 0 bridgehead atoms. The Morgan fingerprint density at radius 1 is 1.11 bits per heavy atom. The lowest BCUT2D eigenvalue weighted by Crippen LogP contribution is -2.30. The second-order valence-corrected chi connectivity index (χ2v) is 8.56. The van der Waals surface area contributed by atoms with Crippen molar-refractivity contribution in [3.8, 4) is 0 Å². The average Bonchev–Trinajstić information content (AvgIpc) is 3.13. The van der Waals surface area contributed by atoms with E-state index in [1.807, 2.05) is 38.2 Å². The van der Waals surface area contributed by atoms with Gasteiger partial charge in [0.25, 0.3) is 5.91 Å². The summed E-state index contributed by atoms with van der Waals surface area (Å²) in [5.41, 5.74) is 2.97. The van der Waals surface area contributed by atoms with E-state index in [4.69, 9.17) is 0 Å². The number of hydrogen-bond donors (Lipinski definition) is 2. The van der Waals surface area contributed by atoms with E-state index in [0.29, 0.717) is 30.8 Å². The highest BCUT2D eigenvalue weighted by atomic mass is 32.2. The smallest absolute Gasteiger partial charge is 0.254 e. The van der Waals surface area contributed by atoms with Crippen LogP contribution in [-0.2, 0) is 16.6 Å². The molecule has 28 heavy (non-hydrogen) atoms. The second-order valence-electron chi connectivity index (χ2n) is 6.72. The van der Waals surface area contributed by atoms with Gasteiger partial charge in [0.2, 0.25) is 10.0 Å². The molecule has 148 valence electrons. The first-order valence-electron chi connectivity index (χ1n) is 9.37. The molecule has 0 fully saturated rings. The van der Waals surface area contributed by atoms with E-state index in [9.17, 15) is 13.2 Å². The number of aromatic nitrogens is 1. The Hall–Kier alpha value is -2.80. The zero-order valence-corrected chi connectivity index (χ0v) is 16.9. The van der Waals surface area contributed by atoms with Crippen molar-refractivity contribution in [1.29, 1.82) is 0 Å².